The lowest BCUT2D eigenvalue weighted by Gasteiger charge is -2.58. The highest BCUT2D eigenvalue weighted by Gasteiger charge is 2.51. The van der Waals surface area contributed by atoms with Crippen molar-refractivity contribution in [1.29, 1.82) is 0 Å². The predicted octanol–water partition coefficient (Wildman–Crippen LogP) is 4.17. The minimum absolute atomic E-state index is 0.390. The topological polar surface area (TPSA) is 55.0 Å². The molecule has 2 aromatic rings. The van der Waals surface area contributed by atoms with Crippen LogP contribution in [0.5, 0.6) is 0 Å². The number of benzene rings is 1. The largest absolute Gasteiger partial charge is 0.354 e. The van der Waals surface area contributed by atoms with E-state index in [1.54, 1.807) is 6.07 Å². The Morgan fingerprint density at radius 3 is 2.71 bits per heavy atom. The van der Waals surface area contributed by atoms with E-state index in [4.69, 9.17) is 33.9 Å². The van der Waals surface area contributed by atoms with Crippen LogP contribution in [0.15, 0.2) is 34.3 Å². The van der Waals surface area contributed by atoms with Crippen molar-refractivity contribution >= 4 is 40.8 Å². The second-order valence-corrected chi connectivity index (χ2v) is 8.61. The van der Waals surface area contributed by atoms with Gasteiger partial charge in [-0.15, -0.1) is 0 Å². The maximum Gasteiger partial charge on any atom is 0.147 e. The fraction of sp³-hybridized carbons (Fsp3) is 0.412. The lowest BCUT2D eigenvalue weighted by atomic mass is 9.61. The highest BCUT2D eigenvalue weighted by atomic mass is 35.5. The smallest absolute Gasteiger partial charge is 0.147 e. The molecule has 24 heavy (non-hydrogen) atoms. The number of nitrogens with zero attached hydrogens (tertiary/aromatic N) is 3. The molecule has 0 bridgehead atoms. The predicted molar refractivity (Wildman–Crippen MR) is 99.2 cm³/mol. The molecule has 1 saturated heterocycles. The number of rotatable bonds is 3. The molecule has 2 fully saturated rings. The molecule has 4 rings (SSSR count). The minimum atomic E-state index is 0.390. The first-order valence-electron chi connectivity index (χ1n) is 7.92. The molecular weight excluding hydrogens is 363 g/mol. The van der Waals surface area contributed by atoms with Crippen molar-refractivity contribution in [3.63, 3.8) is 0 Å². The molecular formula is C17H18Cl2N4S. The Kier molecular flexibility index (Phi) is 4.15. The summed E-state index contributed by atoms with van der Waals surface area (Å²) < 4.78 is 0. The van der Waals surface area contributed by atoms with Crippen LogP contribution < -0.4 is 10.6 Å². The van der Waals surface area contributed by atoms with Gasteiger partial charge in [0.1, 0.15) is 10.8 Å². The van der Waals surface area contributed by atoms with Crippen molar-refractivity contribution in [2.24, 2.45) is 11.1 Å². The zero-order chi connectivity index (χ0) is 16.9. The summed E-state index contributed by atoms with van der Waals surface area (Å²) in [5.74, 6) is 0.945. The van der Waals surface area contributed by atoms with Crippen molar-refractivity contribution in [3.05, 3.63) is 40.1 Å². The van der Waals surface area contributed by atoms with Crippen LogP contribution in [0.1, 0.15) is 18.5 Å². The van der Waals surface area contributed by atoms with Gasteiger partial charge in [-0.05, 0) is 31.9 Å². The quantitative estimate of drug-likeness (QED) is 0.865. The average Bonchev–Trinajstić information content (AvgIpc) is 2.48. The van der Waals surface area contributed by atoms with Gasteiger partial charge >= 0.3 is 0 Å². The Bertz CT molecular complexity index is 784. The Labute approximate surface area is 155 Å². The molecule has 2 N–H and O–H groups in total. The number of hydrogen-bond donors (Lipinski definition) is 1. The Morgan fingerprint density at radius 2 is 2.04 bits per heavy atom. The van der Waals surface area contributed by atoms with Crippen LogP contribution in [0.2, 0.25) is 10.0 Å². The van der Waals surface area contributed by atoms with E-state index in [1.165, 1.54) is 11.8 Å². The molecule has 0 amide bonds. The van der Waals surface area contributed by atoms with Gasteiger partial charge in [0, 0.05) is 29.4 Å². The van der Waals surface area contributed by atoms with Gasteiger partial charge in [-0.25, -0.2) is 9.97 Å². The van der Waals surface area contributed by atoms with Crippen molar-refractivity contribution in [1.82, 2.24) is 9.97 Å². The van der Waals surface area contributed by atoms with Crippen LogP contribution in [0.3, 0.4) is 0 Å². The molecule has 126 valence electrons. The molecule has 7 heteroatoms. The van der Waals surface area contributed by atoms with E-state index in [-0.39, 0.29) is 0 Å². The van der Waals surface area contributed by atoms with E-state index >= 15 is 0 Å². The first-order valence-corrected chi connectivity index (χ1v) is 9.49. The first-order chi connectivity index (χ1) is 11.5. The highest BCUT2D eigenvalue weighted by Crippen LogP contribution is 2.48. The summed E-state index contributed by atoms with van der Waals surface area (Å²) in [4.78, 5) is 12.5. The molecule has 1 aliphatic carbocycles. The molecule has 4 nitrogen and oxygen atoms in total. The van der Waals surface area contributed by atoms with Crippen LogP contribution in [-0.2, 0) is 0 Å². The fourth-order valence-corrected chi connectivity index (χ4v) is 4.94. The SMILES string of the molecule is Cc1nc(N2CC3(CC(N)C3)C2)cnc1Sc1cccc(Cl)c1Cl. The van der Waals surface area contributed by atoms with Crippen LogP contribution in [0.25, 0.3) is 0 Å². The van der Waals surface area contributed by atoms with E-state index in [0.29, 0.717) is 21.5 Å². The van der Waals surface area contributed by atoms with E-state index in [9.17, 15) is 0 Å². The molecule has 2 aliphatic rings. The Hall–Kier alpha value is -1.01. The van der Waals surface area contributed by atoms with Crippen LogP contribution >= 0.6 is 35.0 Å². The summed E-state index contributed by atoms with van der Waals surface area (Å²) in [5.41, 5.74) is 7.26. The Balaban J connectivity index is 1.48. The summed E-state index contributed by atoms with van der Waals surface area (Å²) in [6.07, 6.45) is 4.12. The van der Waals surface area contributed by atoms with Crippen LogP contribution in [0, 0.1) is 12.3 Å². The lowest BCUT2D eigenvalue weighted by molar-refractivity contribution is 0.0657. The number of aromatic nitrogens is 2. The Morgan fingerprint density at radius 1 is 1.29 bits per heavy atom. The molecule has 0 atom stereocenters. The van der Waals surface area contributed by atoms with E-state index in [0.717, 1.165) is 47.4 Å². The summed E-state index contributed by atoms with van der Waals surface area (Å²) in [7, 11) is 0. The number of anilines is 1. The second-order valence-electron chi connectivity index (χ2n) is 6.80. The van der Waals surface area contributed by atoms with Gasteiger partial charge in [0.15, 0.2) is 0 Å². The van der Waals surface area contributed by atoms with E-state index in [1.807, 2.05) is 25.3 Å². The van der Waals surface area contributed by atoms with Crippen LogP contribution in [-0.4, -0.2) is 29.1 Å². The fourth-order valence-electron chi connectivity index (χ4n) is 3.61. The summed E-state index contributed by atoms with van der Waals surface area (Å²) in [6.45, 7) is 4.06. The molecule has 1 aromatic carbocycles. The van der Waals surface area contributed by atoms with E-state index in [2.05, 4.69) is 9.88 Å². The molecule has 2 heterocycles. The molecule has 1 saturated carbocycles. The molecule has 1 spiro atoms. The van der Waals surface area contributed by atoms with Crippen molar-refractivity contribution in [2.45, 2.75) is 35.7 Å². The van der Waals surface area contributed by atoms with E-state index < -0.39 is 0 Å². The molecule has 1 aliphatic heterocycles. The van der Waals surface area contributed by atoms with Crippen molar-refractivity contribution in [3.8, 4) is 0 Å². The zero-order valence-corrected chi connectivity index (χ0v) is 15.6. The monoisotopic (exact) mass is 380 g/mol. The third-order valence-corrected chi connectivity index (χ3v) is 6.86. The molecule has 0 unspecified atom stereocenters. The van der Waals surface area contributed by atoms with Crippen molar-refractivity contribution in [2.75, 3.05) is 18.0 Å². The average molecular weight is 381 g/mol. The maximum atomic E-state index is 6.25. The van der Waals surface area contributed by atoms with Gasteiger partial charge in [0.05, 0.1) is 21.9 Å². The van der Waals surface area contributed by atoms with Crippen LogP contribution in [0.4, 0.5) is 5.82 Å². The van der Waals surface area contributed by atoms with Gasteiger partial charge in [-0.2, -0.15) is 0 Å². The standard InChI is InChI=1S/C17H18Cl2N4S/c1-10-16(24-13-4-2-3-12(18)15(13)19)21-7-14(22-10)23-8-17(9-23)5-11(20)6-17/h2-4,7,11H,5-6,8-9,20H2,1H3. The highest BCUT2D eigenvalue weighted by molar-refractivity contribution is 7.99. The number of halogens is 2. The molecule has 1 aromatic heterocycles. The summed E-state index contributed by atoms with van der Waals surface area (Å²) >= 11 is 13.8. The number of nitrogens with two attached hydrogens (primary N) is 1. The normalized spacial score (nSPS) is 19.2. The molecule has 0 radical (unpaired) electrons. The van der Waals surface area contributed by atoms with Gasteiger partial charge < -0.3 is 10.6 Å². The summed E-state index contributed by atoms with van der Waals surface area (Å²) in [6, 6.07) is 5.99. The minimum Gasteiger partial charge on any atom is -0.354 e. The third-order valence-electron chi connectivity index (χ3n) is 4.78. The van der Waals surface area contributed by atoms with Crippen molar-refractivity contribution < 1.29 is 0 Å². The second kappa shape index (κ2) is 6.06. The van der Waals surface area contributed by atoms with Gasteiger partial charge in [0.2, 0.25) is 0 Å². The summed E-state index contributed by atoms with van der Waals surface area (Å²) in [5, 5.41) is 1.96. The van der Waals surface area contributed by atoms with Gasteiger partial charge in [0.25, 0.3) is 0 Å². The maximum absolute atomic E-state index is 6.25. The zero-order valence-electron chi connectivity index (χ0n) is 13.3. The number of aryl methyl sites for hydroxylation is 1. The third kappa shape index (κ3) is 2.88. The first kappa shape index (κ1) is 16.5. The van der Waals surface area contributed by atoms with Gasteiger partial charge in [-0.1, -0.05) is 41.0 Å². The van der Waals surface area contributed by atoms with Gasteiger partial charge in [-0.3, -0.25) is 0 Å². The lowest BCUT2D eigenvalue weighted by Crippen LogP contribution is -2.65. The number of hydrogen-bond acceptors (Lipinski definition) is 5.